The zero-order valence-corrected chi connectivity index (χ0v) is 20.1. The smallest absolute Gasteiger partial charge is 0.150 e. The molecule has 1 fully saturated rings. The molecule has 2 N–H and O–H groups in total. The number of alkyl halides is 1. The van der Waals surface area contributed by atoms with Crippen molar-refractivity contribution < 1.29 is 19.0 Å². The van der Waals surface area contributed by atoms with E-state index in [9.17, 15) is 9.50 Å². The molecular formula is C29H28FN3O3. The van der Waals surface area contributed by atoms with Crippen LogP contribution in [0.4, 0.5) is 4.39 Å². The maximum Gasteiger partial charge on any atom is 0.150 e. The molecule has 1 atom stereocenters. The van der Waals surface area contributed by atoms with Crippen molar-refractivity contribution >= 4 is 22.0 Å². The minimum absolute atomic E-state index is 0.171. The van der Waals surface area contributed by atoms with Crippen molar-refractivity contribution in [1.82, 2.24) is 15.1 Å². The highest BCUT2D eigenvalue weighted by atomic mass is 19.1. The predicted molar refractivity (Wildman–Crippen MR) is 138 cm³/mol. The SMILES string of the molecule is CC1=C(c2cccc3[nH]ncc23)C(c2ccc(OCCN3CC(CF)C3)cc2)Oc2cc(O)ccc21. The van der Waals surface area contributed by atoms with Crippen molar-refractivity contribution in [3.05, 3.63) is 83.6 Å². The maximum atomic E-state index is 12.6. The topological polar surface area (TPSA) is 70.6 Å². The lowest BCUT2D eigenvalue weighted by Crippen LogP contribution is -2.49. The third-order valence-corrected chi connectivity index (χ3v) is 7.17. The van der Waals surface area contributed by atoms with Gasteiger partial charge < -0.3 is 14.6 Å². The highest BCUT2D eigenvalue weighted by Crippen LogP contribution is 2.48. The van der Waals surface area contributed by atoms with Gasteiger partial charge in [0.2, 0.25) is 0 Å². The summed E-state index contributed by atoms with van der Waals surface area (Å²) in [5.74, 6) is 1.80. The van der Waals surface area contributed by atoms with Crippen LogP contribution in [0.15, 0.2) is 66.9 Å². The monoisotopic (exact) mass is 485 g/mol. The first-order valence-corrected chi connectivity index (χ1v) is 12.2. The number of H-pyrrole nitrogens is 1. The fraction of sp³-hybridized carbons (Fsp3) is 0.276. The number of nitrogens with zero attached hydrogens (tertiary/aromatic N) is 2. The molecule has 6 rings (SSSR count). The van der Waals surface area contributed by atoms with E-state index < -0.39 is 0 Å². The summed E-state index contributed by atoms with van der Waals surface area (Å²) < 4.78 is 25.1. The van der Waals surface area contributed by atoms with Gasteiger partial charge in [0.05, 0.1) is 18.4 Å². The van der Waals surface area contributed by atoms with Gasteiger partial charge in [-0.25, -0.2) is 0 Å². The normalized spacial score (nSPS) is 18.1. The van der Waals surface area contributed by atoms with Crippen molar-refractivity contribution in [2.24, 2.45) is 5.92 Å². The van der Waals surface area contributed by atoms with Crippen LogP contribution in [-0.4, -0.2) is 53.1 Å². The zero-order valence-electron chi connectivity index (χ0n) is 20.1. The molecule has 2 aliphatic heterocycles. The number of aromatic nitrogens is 2. The van der Waals surface area contributed by atoms with Crippen LogP contribution in [0.3, 0.4) is 0 Å². The number of benzene rings is 3. The van der Waals surface area contributed by atoms with Crippen LogP contribution in [0.5, 0.6) is 17.2 Å². The van der Waals surface area contributed by atoms with Gasteiger partial charge >= 0.3 is 0 Å². The lowest BCUT2D eigenvalue weighted by Gasteiger charge is -2.37. The molecular weight excluding hydrogens is 457 g/mol. The van der Waals surface area contributed by atoms with E-state index >= 15 is 0 Å². The van der Waals surface area contributed by atoms with Crippen LogP contribution in [0.25, 0.3) is 22.0 Å². The van der Waals surface area contributed by atoms with Crippen LogP contribution in [-0.2, 0) is 0 Å². The summed E-state index contributed by atoms with van der Waals surface area (Å²) in [5, 5.41) is 18.4. The van der Waals surface area contributed by atoms with E-state index in [1.54, 1.807) is 12.1 Å². The molecule has 0 saturated carbocycles. The van der Waals surface area contributed by atoms with Gasteiger partial charge in [-0.15, -0.1) is 0 Å². The molecule has 0 radical (unpaired) electrons. The molecule has 7 heteroatoms. The highest BCUT2D eigenvalue weighted by molar-refractivity contribution is 6.02. The number of fused-ring (bicyclic) bond motifs is 2. The molecule has 3 aromatic carbocycles. The zero-order chi connectivity index (χ0) is 24.6. The first-order chi connectivity index (χ1) is 17.6. The third kappa shape index (κ3) is 4.09. The second-order valence-electron chi connectivity index (χ2n) is 9.55. The number of rotatable bonds is 7. The number of hydrogen-bond acceptors (Lipinski definition) is 5. The number of nitrogens with one attached hydrogen (secondary N) is 1. The van der Waals surface area contributed by atoms with Gasteiger partial charge in [-0.1, -0.05) is 24.3 Å². The van der Waals surface area contributed by atoms with Crippen molar-refractivity contribution in [1.29, 1.82) is 0 Å². The quantitative estimate of drug-likeness (QED) is 0.356. The minimum Gasteiger partial charge on any atom is -0.508 e. The van der Waals surface area contributed by atoms with Gasteiger partial charge in [0.1, 0.15) is 30.0 Å². The Labute approximate surface area is 209 Å². The molecule has 0 amide bonds. The number of allylic oxidation sites excluding steroid dienone is 1. The van der Waals surface area contributed by atoms with Crippen LogP contribution in [0.2, 0.25) is 0 Å². The van der Waals surface area contributed by atoms with Gasteiger partial charge in [-0.05, 0) is 54.0 Å². The van der Waals surface area contributed by atoms with E-state index in [-0.39, 0.29) is 24.4 Å². The molecule has 0 aliphatic carbocycles. The van der Waals surface area contributed by atoms with Crippen LogP contribution in [0.1, 0.15) is 29.7 Å². The Balaban J connectivity index is 1.30. The number of phenolic OH excluding ortho intramolecular Hbond substituents is 1. The first-order valence-electron chi connectivity index (χ1n) is 12.2. The minimum atomic E-state index is -0.368. The predicted octanol–water partition coefficient (Wildman–Crippen LogP) is 5.61. The van der Waals surface area contributed by atoms with Crippen LogP contribution >= 0.6 is 0 Å². The average molecular weight is 486 g/mol. The second kappa shape index (κ2) is 9.32. The standard InChI is InChI=1S/C29H28FN3O3/c1-18-23-10-7-21(34)13-27(23)36-29(28(18)24-3-2-4-26-25(24)15-31-32-26)20-5-8-22(9-6-20)35-12-11-33-16-19(14-30)17-33/h2-10,13,15,19,29,34H,11-12,14,16-17H2,1H3,(H,31,32). The molecule has 4 aromatic rings. The molecule has 2 aliphatic rings. The van der Waals surface area contributed by atoms with Crippen LogP contribution in [0, 0.1) is 5.92 Å². The van der Waals surface area contributed by atoms with Crippen LogP contribution < -0.4 is 9.47 Å². The molecule has 36 heavy (non-hydrogen) atoms. The fourth-order valence-electron chi connectivity index (χ4n) is 5.22. The van der Waals surface area contributed by atoms with Gasteiger partial charge in [0.15, 0.2) is 0 Å². The molecule has 3 heterocycles. The van der Waals surface area contributed by atoms with Crippen molar-refractivity contribution in [3.63, 3.8) is 0 Å². The fourth-order valence-corrected chi connectivity index (χ4v) is 5.22. The Morgan fingerprint density at radius 3 is 2.75 bits per heavy atom. The summed E-state index contributed by atoms with van der Waals surface area (Å²) in [5.41, 5.74) is 6.13. The molecule has 1 unspecified atom stereocenters. The van der Waals surface area contributed by atoms with Gasteiger partial charge in [-0.3, -0.25) is 14.4 Å². The number of aromatic hydroxyl groups is 1. The summed E-state index contributed by atoms with van der Waals surface area (Å²) in [7, 11) is 0. The molecule has 1 aromatic heterocycles. The molecule has 0 bridgehead atoms. The van der Waals surface area contributed by atoms with E-state index in [1.165, 1.54) is 0 Å². The van der Waals surface area contributed by atoms with Crippen molar-refractivity contribution in [3.8, 4) is 17.2 Å². The van der Waals surface area contributed by atoms with E-state index in [4.69, 9.17) is 9.47 Å². The summed E-state index contributed by atoms with van der Waals surface area (Å²) in [4.78, 5) is 2.21. The molecule has 184 valence electrons. The summed E-state index contributed by atoms with van der Waals surface area (Å²) in [6.45, 7) is 4.85. The molecule has 6 nitrogen and oxygen atoms in total. The second-order valence-corrected chi connectivity index (χ2v) is 9.55. The number of halogens is 1. The Kier molecular flexibility index (Phi) is 5.85. The highest BCUT2D eigenvalue weighted by Gasteiger charge is 2.31. The Bertz CT molecular complexity index is 1420. The number of aromatic amines is 1. The van der Waals surface area contributed by atoms with E-state index in [0.29, 0.717) is 12.4 Å². The Morgan fingerprint density at radius 2 is 1.94 bits per heavy atom. The number of ether oxygens (including phenoxy) is 2. The molecule has 1 saturated heterocycles. The Hall–Kier alpha value is -3.84. The first kappa shape index (κ1) is 22.6. The van der Waals surface area contributed by atoms with E-state index in [2.05, 4.69) is 28.1 Å². The third-order valence-electron chi connectivity index (χ3n) is 7.17. The summed E-state index contributed by atoms with van der Waals surface area (Å²) in [6, 6.07) is 19.4. The number of phenols is 1. The number of likely N-dealkylation sites (tertiary alicyclic amines) is 1. The lowest BCUT2D eigenvalue weighted by atomic mass is 9.85. The molecule has 0 spiro atoms. The van der Waals surface area contributed by atoms with Crippen molar-refractivity contribution in [2.45, 2.75) is 13.0 Å². The summed E-state index contributed by atoms with van der Waals surface area (Å²) in [6.07, 6.45) is 1.48. The maximum absolute atomic E-state index is 12.6. The lowest BCUT2D eigenvalue weighted by molar-refractivity contribution is 0.0668. The van der Waals surface area contributed by atoms with Gasteiger partial charge in [0, 0.05) is 48.1 Å². The van der Waals surface area contributed by atoms with Gasteiger partial charge in [-0.2, -0.15) is 5.10 Å². The Morgan fingerprint density at radius 1 is 1.11 bits per heavy atom. The summed E-state index contributed by atoms with van der Waals surface area (Å²) >= 11 is 0. The van der Waals surface area contributed by atoms with E-state index in [1.807, 2.05) is 48.7 Å². The largest absolute Gasteiger partial charge is 0.508 e. The van der Waals surface area contributed by atoms with Crippen molar-refractivity contribution in [2.75, 3.05) is 32.9 Å². The average Bonchev–Trinajstić information content (AvgIpc) is 3.35. The van der Waals surface area contributed by atoms with E-state index in [0.717, 1.165) is 64.1 Å². The number of hydrogen-bond donors (Lipinski definition) is 2. The van der Waals surface area contributed by atoms with Gasteiger partial charge in [0.25, 0.3) is 0 Å².